The van der Waals surface area contributed by atoms with Crippen LogP contribution in [-0.4, -0.2) is 28.1 Å². The molecule has 4 aromatic rings. The molecule has 8 nitrogen and oxygen atoms in total. The van der Waals surface area contributed by atoms with Gasteiger partial charge in [-0.05, 0) is 31.5 Å². The average molecular weight is 436 g/mol. The molecular weight excluding hydrogens is 416 g/mol. The van der Waals surface area contributed by atoms with Gasteiger partial charge in [0.1, 0.15) is 17.0 Å². The number of hydrogen-bond acceptors (Lipinski definition) is 8. The summed E-state index contributed by atoms with van der Waals surface area (Å²) in [6, 6.07) is 12.2. The van der Waals surface area contributed by atoms with Crippen LogP contribution in [-0.2, 0) is 0 Å². The van der Waals surface area contributed by atoms with Crippen molar-refractivity contribution in [2.75, 3.05) is 18.5 Å². The van der Waals surface area contributed by atoms with Crippen molar-refractivity contribution >= 4 is 38.7 Å². The number of aromatic nitrogens is 2. The maximum atomic E-state index is 11.2. The number of nitro benzene ring substituents is 1. The number of rotatable bonds is 8. The Morgan fingerprint density at radius 1 is 1.06 bits per heavy atom. The van der Waals surface area contributed by atoms with E-state index in [1.807, 2.05) is 43.5 Å². The molecule has 2 aromatic carbocycles. The van der Waals surface area contributed by atoms with Crippen LogP contribution >= 0.6 is 11.3 Å². The zero-order chi connectivity index (χ0) is 21.8. The molecule has 0 aliphatic carbocycles. The van der Waals surface area contributed by atoms with Crippen LogP contribution in [0.1, 0.15) is 13.8 Å². The second kappa shape index (κ2) is 8.97. The molecule has 0 saturated heterocycles. The topological polar surface area (TPSA) is 99.4 Å². The molecule has 9 heteroatoms. The Morgan fingerprint density at radius 3 is 2.65 bits per heavy atom. The highest BCUT2D eigenvalue weighted by Crippen LogP contribution is 2.39. The van der Waals surface area contributed by atoms with Crippen molar-refractivity contribution < 1.29 is 14.4 Å². The highest BCUT2D eigenvalue weighted by Gasteiger charge is 2.16. The fraction of sp³-hybridized carbons (Fsp3) is 0.182. The molecule has 0 bridgehead atoms. The summed E-state index contributed by atoms with van der Waals surface area (Å²) in [5, 5.41) is 17.3. The van der Waals surface area contributed by atoms with Crippen LogP contribution < -0.4 is 14.8 Å². The van der Waals surface area contributed by atoms with Crippen molar-refractivity contribution in [3.8, 4) is 22.6 Å². The standard InChI is InChI=1S/C22H20N4O4S/c1-3-29-18-9-8-15(11-19(18)30-4-2)25-21-20-17(12-31-22(20)24-13-23-21)14-6-5-7-16(10-14)26(27)28/h5-13H,3-4H2,1-2H3,(H,23,24,25). The van der Waals surface area contributed by atoms with E-state index in [0.717, 1.165) is 27.0 Å². The molecule has 0 radical (unpaired) electrons. The Kier molecular flexibility index (Phi) is 5.94. The predicted octanol–water partition coefficient (Wildman–Crippen LogP) is 5.81. The molecule has 4 rings (SSSR count). The minimum absolute atomic E-state index is 0.0380. The van der Waals surface area contributed by atoms with Crippen LogP contribution in [0.4, 0.5) is 17.2 Å². The Balaban J connectivity index is 1.76. The van der Waals surface area contributed by atoms with E-state index in [1.54, 1.807) is 12.1 Å². The smallest absolute Gasteiger partial charge is 0.270 e. The Morgan fingerprint density at radius 2 is 1.87 bits per heavy atom. The van der Waals surface area contributed by atoms with E-state index in [-0.39, 0.29) is 5.69 Å². The number of nitrogens with one attached hydrogen (secondary N) is 1. The number of fused-ring (bicyclic) bond motifs is 1. The molecule has 2 heterocycles. The molecule has 0 spiro atoms. The Hall–Kier alpha value is -3.72. The SMILES string of the molecule is CCOc1ccc(Nc2ncnc3scc(-c4cccc([N+](=O)[O-])c4)c23)cc1OCC. The van der Waals surface area contributed by atoms with Crippen LogP contribution in [0.2, 0.25) is 0 Å². The van der Waals surface area contributed by atoms with Gasteiger partial charge in [0, 0.05) is 34.8 Å². The zero-order valence-corrected chi connectivity index (χ0v) is 17.8. The van der Waals surface area contributed by atoms with Crippen molar-refractivity contribution in [2.24, 2.45) is 0 Å². The number of non-ortho nitro benzene ring substituents is 1. The predicted molar refractivity (Wildman–Crippen MR) is 122 cm³/mol. The molecule has 0 aliphatic rings. The summed E-state index contributed by atoms with van der Waals surface area (Å²) in [5.74, 6) is 1.93. The third kappa shape index (κ3) is 4.26. The fourth-order valence-corrected chi connectivity index (χ4v) is 4.15. The Bertz CT molecular complexity index is 1240. The van der Waals surface area contributed by atoms with E-state index in [2.05, 4.69) is 15.3 Å². The van der Waals surface area contributed by atoms with Gasteiger partial charge in [-0.25, -0.2) is 9.97 Å². The molecule has 31 heavy (non-hydrogen) atoms. The van der Waals surface area contributed by atoms with Crippen molar-refractivity contribution in [2.45, 2.75) is 13.8 Å². The minimum Gasteiger partial charge on any atom is -0.490 e. The molecule has 158 valence electrons. The summed E-state index contributed by atoms with van der Waals surface area (Å²) < 4.78 is 11.3. The first-order valence-corrected chi connectivity index (χ1v) is 10.6. The summed E-state index contributed by atoms with van der Waals surface area (Å²) in [4.78, 5) is 20.4. The monoisotopic (exact) mass is 436 g/mol. The van der Waals surface area contributed by atoms with Gasteiger partial charge in [-0.2, -0.15) is 0 Å². The first-order valence-electron chi connectivity index (χ1n) is 9.74. The van der Waals surface area contributed by atoms with E-state index in [9.17, 15) is 10.1 Å². The normalized spacial score (nSPS) is 10.8. The van der Waals surface area contributed by atoms with Gasteiger partial charge in [-0.1, -0.05) is 12.1 Å². The highest BCUT2D eigenvalue weighted by molar-refractivity contribution is 7.17. The summed E-state index contributed by atoms with van der Waals surface area (Å²) in [7, 11) is 0. The van der Waals surface area contributed by atoms with E-state index in [0.29, 0.717) is 30.5 Å². The second-order valence-corrected chi connectivity index (χ2v) is 7.37. The van der Waals surface area contributed by atoms with Gasteiger partial charge in [0.05, 0.1) is 23.5 Å². The molecule has 0 amide bonds. The van der Waals surface area contributed by atoms with Crippen LogP contribution in [0.15, 0.2) is 54.2 Å². The van der Waals surface area contributed by atoms with Crippen molar-refractivity contribution in [3.63, 3.8) is 0 Å². The lowest BCUT2D eigenvalue weighted by molar-refractivity contribution is -0.384. The fourth-order valence-electron chi connectivity index (χ4n) is 3.23. The number of hydrogen-bond donors (Lipinski definition) is 1. The first kappa shape index (κ1) is 20.5. The molecule has 2 aromatic heterocycles. The molecular formula is C22H20N4O4S. The first-order chi connectivity index (χ1) is 15.1. The number of nitro groups is 1. The maximum absolute atomic E-state index is 11.2. The molecule has 1 N–H and O–H groups in total. The van der Waals surface area contributed by atoms with Gasteiger partial charge < -0.3 is 14.8 Å². The molecule has 0 aliphatic heterocycles. The van der Waals surface area contributed by atoms with Crippen molar-refractivity contribution in [1.82, 2.24) is 9.97 Å². The maximum Gasteiger partial charge on any atom is 0.270 e. The lowest BCUT2D eigenvalue weighted by atomic mass is 10.1. The van der Waals surface area contributed by atoms with Crippen LogP contribution in [0.3, 0.4) is 0 Å². The lowest BCUT2D eigenvalue weighted by Gasteiger charge is -2.14. The van der Waals surface area contributed by atoms with Crippen molar-refractivity contribution in [3.05, 3.63) is 64.3 Å². The lowest BCUT2D eigenvalue weighted by Crippen LogP contribution is -2.00. The van der Waals surface area contributed by atoms with Gasteiger partial charge in [0.25, 0.3) is 5.69 Å². The van der Waals surface area contributed by atoms with E-state index < -0.39 is 4.92 Å². The van der Waals surface area contributed by atoms with Gasteiger partial charge in [-0.3, -0.25) is 10.1 Å². The molecule has 0 fully saturated rings. The zero-order valence-electron chi connectivity index (χ0n) is 17.0. The van der Waals surface area contributed by atoms with Gasteiger partial charge in [0.15, 0.2) is 11.5 Å². The minimum atomic E-state index is -0.400. The summed E-state index contributed by atoms with van der Waals surface area (Å²) in [5.41, 5.74) is 2.39. The van der Waals surface area contributed by atoms with Gasteiger partial charge in [0.2, 0.25) is 0 Å². The van der Waals surface area contributed by atoms with Gasteiger partial charge in [-0.15, -0.1) is 11.3 Å². The largest absolute Gasteiger partial charge is 0.490 e. The van der Waals surface area contributed by atoms with E-state index in [4.69, 9.17) is 9.47 Å². The van der Waals surface area contributed by atoms with Crippen LogP contribution in [0, 0.1) is 10.1 Å². The summed E-state index contributed by atoms with van der Waals surface area (Å²) in [6.07, 6.45) is 1.50. The summed E-state index contributed by atoms with van der Waals surface area (Å²) in [6.45, 7) is 4.90. The van der Waals surface area contributed by atoms with E-state index in [1.165, 1.54) is 23.7 Å². The quantitative estimate of drug-likeness (QED) is 0.275. The molecule has 0 atom stereocenters. The number of thiophene rings is 1. The molecule has 0 saturated carbocycles. The van der Waals surface area contributed by atoms with Gasteiger partial charge >= 0.3 is 0 Å². The Labute approximate surface area is 182 Å². The number of ether oxygens (including phenoxy) is 2. The molecule has 0 unspecified atom stereocenters. The number of nitrogens with zero attached hydrogens (tertiary/aromatic N) is 3. The second-order valence-electron chi connectivity index (χ2n) is 6.51. The number of anilines is 2. The number of benzene rings is 2. The van der Waals surface area contributed by atoms with Crippen LogP contribution in [0.5, 0.6) is 11.5 Å². The van der Waals surface area contributed by atoms with Crippen LogP contribution in [0.25, 0.3) is 21.3 Å². The summed E-state index contributed by atoms with van der Waals surface area (Å²) >= 11 is 1.46. The van der Waals surface area contributed by atoms with Crippen molar-refractivity contribution in [1.29, 1.82) is 0 Å². The van der Waals surface area contributed by atoms with E-state index >= 15 is 0 Å². The third-order valence-corrected chi connectivity index (χ3v) is 5.43. The average Bonchev–Trinajstić information content (AvgIpc) is 3.21. The third-order valence-electron chi connectivity index (χ3n) is 4.54. The highest BCUT2D eigenvalue weighted by atomic mass is 32.1.